The molecule has 1 aromatic rings. The molecule has 0 amide bonds. The van der Waals surface area contributed by atoms with Gasteiger partial charge in [-0.05, 0) is 29.4 Å². The normalized spacial score (nSPS) is 13.2. The summed E-state index contributed by atoms with van der Waals surface area (Å²) < 4.78 is 0. The van der Waals surface area contributed by atoms with Gasteiger partial charge < -0.3 is 15.5 Å². The Morgan fingerprint density at radius 3 is 2.35 bits per heavy atom. The molecule has 4 heteroatoms. The van der Waals surface area contributed by atoms with Crippen molar-refractivity contribution in [3.63, 3.8) is 0 Å². The van der Waals surface area contributed by atoms with Gasteiger partial charge in [0, 0.05) is 6.54 Å². The van der Waals surface area contributed by atoms with Crippen molar-refractivity contribution in [3.05, 3.63) is 35.4 Å². The Balaban J connectivity index is 2.61. The molecule has 112 valence electrons. The second-order valence-electron chi connectivity index (χ2n) is 6.30. The lowest BCUT2D eigenvalue weighted by molar-refractivity contribution is -0.139. The summed E-state index contributed by atoms with van der Waals surface area (Å²) in [5.74, 6) is -0.823. The second kappa shape index (κ2) is 7.41. The molecule has 0 saturated heterocycles. The quantitative estimate of drug-likeness (QED) is 0.717. The zero-order valence-corrected chi connectivity index (χ0v) is 12.5. The maximum atomic E-state index is 11.3. The summed E-state index contributed by atoms with van der Waals surface area (Å²) in [5.41, 5.74) is 1.90. The first kappa shape index (κ1) is 16.7. The number of rotatable bonds is 7. The Kier molecular flexibility index (Phi) is 6.17. The fraction of sp³-hybridized carbons (Fsp3) is 0.562. The van der Waals surface area contributed by atoms with Crippen LogP contribution < -0.4 is 5.32 Å². The van der Waals surface area contributed by atoms with Crippen LogP contribution in [0.15, 0.2) is 24.3 Å². The third kappa shape index (κ3) is 5.72. The first-order chi connectivity index (χ1) is 9.33. The highest BCUT2D eigenvalue weighted by molar-refractivity contribution is 5.73. The third-order valence-electron chi connectivity index (χ3n) is 3.31. The average Bonchev–Trinajstić information content (AvgIpc) is 2.37. The van der Waals surface area contributed by atoms with Crippen LogP contribution >= 0.6 is 0 Å². The zero-order valence-electron chi connectivity index (χ0n) is 12.5. The Morgan fingerprint density at radius 2 is 1.85 bits per heavy atom. The number of aliphatic hydroxyl groups is 1. The van der Waals surface area contributed by atoms with Gasteiger partial charge in [0.1, 0.15) is 6.04 Å². The van der Waals surface area contributed by atoms with Crippen LogP contribution in [0.3, 0.4) is 0 Å². The van der Waals surface area contributed by atoms with Gasteiger partial charge >= 0.3 is 5.97 Å². The van der Waals surface area contributed by atoms with Crippen LogP contribution in [0.4, 0.5) is 0 Å². The van der Waals surface area contributed by atoms with E-state index in [2.05, 4.69) is 26.1 Å². The van der Waals surface area contributed by atoms with Crippen LogP contribution in [-0.4, -0.2) is 22.2 Å². The topological polar surface area (TPSA) is 69.6 Å². The molecule has 20 heavy (non-hydrogen) atoms. The first-order valence-electron chi connectivity index (χ1n) is 6.97. The van der Waals surface area contributed by atoms with Crippen LogP contribution in [-0.2, 0) is 17.9 Å². The largest absolute Gasteiger partial charge is 0.480 e. The van der Waals surface area contributed by atoms with Crippen molar-refractivity contribution in [3.8, 4) is 0 Å². The number of nitrogens with one attached hydrogen (secondary N) is 1. The number of hydrogen-bond donors (Lipinski definition) is 3. The summed E-state index contributed by atoms with van der Waals surface area (Å²) in [6.45, 7) is 6.74. The van der Waals surface area contributed by atoms with E-state index in [4.69, 9.17) is 0 Å². The molecule has 0 radical (unpaired) electrons. The first-order valence-corrected chi connectivity index (χ1v) is 6.97. The van der Waals surface area contributed by atoms with E-state index in [1.165, 1.54) is 0 Å². The van der Waals surface area contributed by atoms with Crippen LogP contribution in [0.25, 0.3) is 0 Å². The van der Waals surface area contributed by atoms with Crippen molar-refractivity contribution in [1.29, 1.82) is 0 Å². The van der Waals surface area contributed by atoms with Gasteiger partial charge in [0.25, 0.3) is 0 Å². The summed E-state index contributed by atoms with van der Waals surface area (Å²) in [4.78, 5) is 11.3. The van der Waals surface area contributed by atoms with Crippen molar-refractivity contribution in [1.82, 2.24) is 5.32 Å². The molecule has 0 aliphatic rings. The van der Waals surface area contributed by atoms with Crippen LogP contribution in [0, 0.1) is 5.41 Å². The van der Waals surface area contributed by atoms with E-state index < -0.39 is 12.0 Å². The highest BCUT2D eigenvalue weighted by Crippen LogP contribution is 2.22. The maximum Gasteiger partial charge on any atom is 0.320 e. The van der Waals surface area contributed by atoms with E-state index in [9.17, 15) is 15.0 Å². The molecule has 0 fully saturated rings. The molecule has 0 aliphatic carbocycles. The predicted molar refractivity (Wildman–Crippen MR) is 79.3 cm³/mol. The van der Waals surface area contributed by atoms with Gasteiger partial charge in [0.2, 0.25) is 0 Å². The molecule has 0 aromatic heterocycles. The van der Waals surface area contributed by atoms with Gasteiger partial charge in [-0.1, -0.05) is 45.0 Å². The Labute approximate surface area is 120 Å². The van der Waals surface area contributed by atoms with Crippen molar-refractivity contribution in [2.75, 3.05) is 0 Å². The molecule has 0 aliphatic heterocycles. The standard InChI is InChI=1S/C16H25NO3/c1-16(2,3)9-8-14(15(19)20)17-10-12-6-4-5-7-13(12)11-18/h4-7,14,17-18H,8-11H2,1-3H3,(H,19,20)/t14-/m0/s1. The van der Waals surface area contributed by atoms with Crippen LogP contribution in [0.2, 0.25) is 0 Å². The SMILES string of the molecule is CC(C)(C)CC[C@H](NCc1ccccc1CO)C(=O)O. The highest BCUT2D eigenvalue weighted by atomic mass is 16.4. The fourth-order valence-electron chi connectivity index (χ4n) is 2.01. The number of benzene rings is 1. The number of aliphatic carboxylic acids is 1. The molecule has 1 atom stereocenters. The molecule has 1 rings (SSSR count). The number of carbonyl (C=O) groups is 1. The minimum atomic E-state index is -0.823. The van der Waals surface area contributed by atoms with Crippen molar-refractivity contribution in [2.24, 2.45) is 5.41 Å². The van der Waals surface area contributed by atoms with Gasteiger partial charge in [0.15, 0.2) is 0 Å². The summed E-state index contributed by atoms with van der Waals surface area (Å²) in [6.07, 6.45) is 1.44. The van der Waals surface area contributed by atoms with Gasteiger partial charge in [-0.25, -0.2) is 0 Å². The summed E-state index contributed by atoms with van der Waals surface area (Å²) in [5, 5.41) is 21.6. The number of carboxylic acids is 1. The lowest BCUT2D eigenvalue weighted by Crippen LogP contribution is -2.37. The molecule has 3 N–H and O–H groups in total. The van der Waals surface area contributed by atoms with E-state index in [0.29, 0.717) is 13.0 Å². The van der Waals surface area contributed by atoms with E-state index in [0.717, 1.165) is 17.5 Å². The highest BCUT2D eigenvalue weighted by Gasteiger charge is 2.20. The lowest BCUT2D eigenvalue weighted by atomic mass is 9.88. The van der Waals surface area contributed by atoms with Crippen molar-refractivity contribution in [2.45, 2.75) is 52.8 Å². The number of carboxylic acid groups (broad SMARTS) is 1. The Hall–Kier alpha value is -1.39. The monoisotopic (exact) mass is 279 g/mol. The molecule has 0 bridgehead atoms. The maximum absolute atomic E-state index is 11.3. The fourth-order valence-corrected chi connectivity index (χ4v) is 2.01. The number of hydrogen-bond acceptors (Lipinski definition) is 3. The summed E-state index contributed by atoms with van der Waals surface area (Å²) in [6, 6.07) is 6.95. The lowest BCUT2D eigenvalue weighted by Gasteiger charge is -2.22. The van der Waals surface area contributed by atoms with Crippen molar-refractivity contribution >= 4 is 5.97 Å². The molecule has 0 saturated carbocycles. The minimum absolute atomic E-state index is 0.0302. The molecular formula is C16H25NO3. The van der Waals surface area contributed by atoms with Gasteiger partial charge in [-0.2, -0.15) is 0 Å². The van der Waals surface area contributed by atoms with Crippen LogP contribution in [0.1, 0.15) is 44.7 Å². The van der Waals surface area contributed by atoms with Gasteiger partial charge in [-0.3, -0.25) is 4.79 Å². The van der Waals surface area contributed by atoms with E-state index >= 15 is 0 Å². The summed E-state index contributed by atoms with van der Waals surface area (Å²) >= 11 is 0. The second-order valence-corrected chi connectivity index (χ2v) is 6.30. The predicted octanol–water partition coefficient (Wildman–Crippen LogP) is 2.55. The Bertz CT molecular complexity index is 438. The molecule has 0 unspecified atom stereocenters. The minimum Gasteiger partial charge on any atom is -0.480 e. The van der Waals surface area contributed by atoms with Crippen LogP contribution in [0.5, 0.6) is 0 Å². The smallest absolute Gasteiger partial charge is 0.320 e. The zero-order chi connectivity index (χ0) is 15.2. The molecule has 4 nitrogen and oxygen atoms in total. The molecular weight excluding hydrogens is 254 g/mol. The Morgan fingerprint density at radius 1 is 1.25 bits per heavy atom. The third-order valence-corrected chi connectivity index (χ3v) is 3.31. The van der Waals surface area contributed by atoms with E-state index in [-0.39, 0.29) is 12.0 Å². The van der Waals surface area contributed by atoms with Crippen molar-refractivity contribution < 1.29 is 15.0 Å². The van der Waals surface area contributed by atoms with E-state index in [1.54, 1.807) is 0 Å². The van der Waals surface area contributed by atoms with Gasteiger partial charge in [-0.15, -0.1) is 0 Å². The molecule has 0 heterocycles. The van der Waals surface area contributed by atoms with E-state index in [1.807, 2.05) is 24.3 Å². The molecule has 1 aromatic carbocycles. The van der Waals surface area contributed by atoms with Gasteiger partial charge in [0.05, 0.1) is 6.61 Å². The number of aliphatic hydroxyl groups excluding tert-OH is 1. The summed E-state index contributed by atoms with van der Waals surface area (Å²) in [7, 11) is 0. The molecule has 0 spiro atoms. The average molecular weight is 279 g/mol.